The van der Waals surface area contributed by atoms with Gasteiger partial charge in [-0.1, -0.05) is 108 Å². The highest BCUT2D eigenvalue weighted by atomic mass is 35.5. The molecule has 0 spiro atoms. The standard InChI is InChI=1S/C31H53N3O4.ClH/c1-3-5-6-7-8-9-10-11-12-13-17-21-27(24-29(33)35)34(4-2)31(37)28(32)22-18-23-30(36)38-25-26-19-15-14-16-20-26;/h14-16,19-20,27-28H,3-13,17-18,21-25,32H2,1-2H3,(H2,33,35);1H/t27-,28-;/m0./s1. The molecular formula is C31H54ClN3O4. The minimum absolute atomic E-state index is 0. The van der Waals surface area contributed by atoms with Crippen molar-refractivity contribution < 1.29 is 19.1 Å². The lowest BCUT2D eigenvalue weighted by molar-refractivity contribution is -0.145. The monoisotopic (exact) mass is 567 g/mol. The molecule has 0 aliphatic heterocycles. The van der Waals surface area contributed by atoms with Crippen molar-refractivity contribution in [3.63, 3.8) is 0 Å². The summed E-state index contributed by atoms with van der Waals surface area (Å²) in [6, 6.07) is 8.57. The Bertz CT molecular complexity index is 778. The molecule has 39 heavy (non-hydrogen) atoms. The van der Waals surface area contributed by atoms with Crippen LogP contribution in [-0.4, -0.2) is 41.3 Å². The normalized spacial score (nSPS) is 12.3. The lowest BCUT2D eigenvalue weighted by Gasteiger charge is -2.32. The SMILES string of the molecule is CCCCCCCCCCCCC[C@@H](CC(N)=O)N(CC)C(=O)[C@@H](N)CCCC(=O)OCc1ccccc1.Cl. The van der Waals surface area contributed by atoms with Crippen molar-refractivity contribution in [2.75, 3.05) is 6.54 Å². The number of hydrogen-bond acceptors (Lipinski definition) is 5. The molecule has 0 aliphatic rings. The van der Waals surface area contributed by atoms with Crippen LogP contribution in [-0.2, 0) is 25.7 Å². The van der Waals surface area contributed by atoms with Crippen molar-refractivity contribution in [1.82, 2.24) is 4.90 Å². The van der Waals surface area contributed by atoms with Crippen LogP contribution in [0.4, 0.5) is 0 Å². The van der Waals surface area contributed by atoms with Gasteiger partial charge in [-0.15, -0.1) is 12.4 Å². The van der Waals surface area contributed by atoms with Crippen LogP contribution in [0.25, 0.3) is 0 Å². The first-order chi connectivity index (χ1) is 18.4. The predicted octanol–water partition coefficient (Wildman–Crippen LogP) is 6.44. The number of hydrogen-bond donors (Lipinski definition) is 2. The molecule has 8 heteroatoms. The number of unbranched alkanes of at least 4 members (excludes halogenated alkanes) is 10. The maximum atomic E-state index is 13.1. The van der Waals surface area contributed by atoms with Crippen LogP contribution in [0.2, 0.25) is 0 Å². The molecular weight excluding hydrogens is 514 g/mol. The minimum Gasteiger partial charge on any atom is -0.461 e. The number of ether oxygens (including phenoxy) is 1. The van der Waals surface area contributed by atoms with Crippen molar-refractivity contribution >= 4 is 30.2 Å². The Kier molecular flexibility index (Phi) is 22.5. The summed E-state index contributed by atoms with van der Waals surface area (Å²) >= 11 is 0. The van der Waals surface area contributed by atoms with Crippen LogP contribution >= 0.6 is 12.4 Å². The van der Waals surface area contributed by atoms with E-state index in [0.29, 0.717) is 19.4 Å². The van der Waals surface area contributed by atoms with E-state index in [1.807, 2.05) is 37.3 Å². The number of amides is 2. The Morgan fingerprint density at radius 2 is 1.38 bits per heavy atom. The first-order valence-electron chi connectivity index (χ1n) is 14.9. The van der Waals surface area contributed by atoms with E-state index in [-0.39, 0.29) is 49.8 Å². The molecule has 1 aromatic rings. The summed E-state index contributed by atoms with van der Waals surface area (Å²) in [5.74, 6) is -0.887. The van der Waals surface area contributed by atoms with Gasteiger partial charge in [0.25, 0.3) is 0 Å². The highest BCUT2D eigenvalue weighted by Gasteiger charge is 2.27. The van der Waals surface area contributed by atoms with E-state index in [1.165, 1.54) is 57.8 Å². The van der Waals surface area contributed by atoms with Crippen molar-refractivity contribution in [1.29, 1.82) is 0 Å². The molecule has 2 amide bonds. The van der Waals surface area contributed by atoms with Crippen LogP contribution < -0.4 is 11.5 Å². The van der Waals surface area contributed by atoms with Gasteiger partial charge in [-0.05, 0) is 31.7 Å². The lowest BCUT2D eigenvalue weighted by atomic mass is 10.00. The van der Waals surface area contributed by atoms with Crippen molar-refractivity contribution in [2.24, 2.45) is 11.5 Å². The second-order valence-electron chi connectivity index (χ2n) is 10.4. The Labute approximate surface area is 243 Å². The maximum Gasteiger partial charge on any atom is 0.306 e. The van der Waals surface area contributed by atoms with Crippen molar-refractivity contribution in [3.8, 4) is 0 Å². The third-order valence-corrected chi connectivity index (χ3v) is 7.10. The van der Waals surface area contributed by atoms with Gasteiger partial charge in [-0.2, -0.15) is 0 Å². The largest absolute Gasteiger partial charge is 0.461 e. The highest BCUT2D eigenvalue weighted by Crippen LogP contribution is 2.18. The summed E-state index contributed by atoms with van der Waals surface area (Å²) in [6.07, 6.45) is 15.7. The fourth-order valence-corrected chi connectivity index (χ4v) is 4.85. The lowest BCUT2D eigenvalue weighted by Crippen LogP contribution is -2.49. The molecule has 4 N–H and O–H groups in total. The molecule has 7 nitrogen and oxygen atoms in total. The minimum atomic E-state index is -0.718. The van der Waals surface area contributed by atoms with E-state index in [0.717, 1.165) is 24.8 Å². The van der Waals surface area contributed by atoms with E-state index < -0.39 is 11.9 Å². The summed E-state index contributed by atoms with van der Waals surface area (Å²) in [6.45, 7) is 4.86. The summed E-state index contributed by atoms with van der Waals surface area (Å²) in [5, 5.41) is 0. The van der Waals surface area contributed by atoms with Crippen molar-refractivity contribution in [3.05, 3.63) is 35.9 Å². The molecule has 0 bridgehead atoms. The summed E-state index contributed by atoms with van der Waals surface area (Å²) in [4.78, 5) is 38.6. The number of likely N-dealkylation sites (N-methyl/N-ethyl adjacent to an activating group) is 1. The number of primary amides is 1. The molecule has 224 valence electrons. The second kappa shape index (κ2) is 23.7. The molecule has 1 aromatic carbocycles. The number of esters is 1. The number of benzene rings is 1. The molecule has 2 atom stereocenters. The van der Waals surface area contributed by atoms with Gasteiger partial charge < -0.3 is 21.1 Å². The molecule has 0 saturated carbocycles. The second-order valence-corrected chi connectivity index (χ2v) is 10.4. The zero-order valence-corrected chi connectivity index (χ0v) is 25.2. The van der Waals surface area contributed by atoms with Crippen molar-refractivity contribution in [2.45, 2.75) is 135 Å². The van der Waals surface area contributed by atoms with Gasteiger partial charge in [0, 0.05) is 25.4 Å². The van der Waals surface area contributed by atoms with E-state index in [9.17, 15) is 14.4 Å². The van der Waals surface area contributed by atoms with Crippen LogP contribution in [0.3, 0.4) is 0 Å². The molecule has 0 saturated heterocycles. The van der Waals surface area contributed by atoms with E-state index in [4.69, 9.17) is 16.2 Å². The average molecular weight is 568 g/mol. The third kappa shape index (κ3) is 18.0. The first kappa shape index (κ1) is 36.9. The van der Waals surface area contributed by atoms with E-state index >= 15 is 0 Å². The number of rotatable bonds is 23. The topological polar surface area (TPSA) is 116 Å². The van der Waals surface area contributed by atoms with Gasteiger partial charge in [0.15, 0.2) is 0 Å². The van der Waals surface area contributed by atoms with E-state index in [2.05, 4.69) is 6.92 Å². The fourth-order valence-electron chi connectivity index (χ4n) is 4.85. The van der Waals surface area contributed by atoms with E-state index in [1.54, 1.807) is 4.90 Å². The zero-order chi connectivity index (χ0) is 28.0. The first-order valence-corrected chi connectivity index (χ1v) is 14.9. The molecule has 0 heterocycles. The summed E-state index contributed by atoms with van der Waals surface area (Å²) in [5.41, 5.74) is 12.7. The van der Waals surface area contributed by atoms with Crippen LogP contribution in [0.1, 0.15) is 122 Å². The molecule has 0 aliphatic carbocycles. The summed E-state index contributed by atoms with van der Waals surface area (Å²) < 4.78 is 5.30. The van der Waals surface area contributed by atoms with Gasteiger partial charge >= 0.3 is 5.97 Å². The smallest absolute Gasteiger partial charge is 0.306 e. The quantitative estimate of drug-likeness (QED) is 0.116. The number of carbonyl (C=O) groups is 3. The molecule has 0 fully saturated rings. The fraction of sp³-hybridized carbons (Fsp3) is 0.710. The van der Waals surface area contributed by atoms with Gasteiger partial charge in [-0.3, -0.25) is 14.4 Å². The summed E-state index contributed by atoms with van der Waals surface area (Å²) in [7, 11) is 0. The number of nitrogens with zero attached hydrogens (tertiary/aromatic N) is 1. The van der Waals surface area contributed by atoms with Crippen LogP contribution in [0.5, 0.6) is 0 Å². The average Bonchev–Trinajstić information content (AvgIpc) is 2.91. The predicted molar refractivity (Wildman–Crippen MR) is 161 cm³/mol. The van der Waals surface area contributed by atoms with Crippen LogP contribution in [0.15, 0.2) is 30.3 Å². The Morgan fingerprint density at radius 1 is 0.821 bits per heavy atom. The number of carbonyl (C=O) groups excluding carboxylic acids is 3. The zero-order valence-electron chi connectivity index (χ0n) is 24.4. The Morgan fingerprint density at radius 3 is 1.92 bits per heavy atom. The maximum absolute atomic E-state index is 13.1. The molecule has 0 radical (unpaired) electrons. The van der Waals surface area contributed by atoms with Gasteiger partial charge in [0.1, 0.15) is 6.61 Å². The van der Waals surface area contributed by atoms with Gasteiger partial charge in [-0.25, -0.2) is 0 Å². The van der Waals surface area contributed by atoms with Gasteiger partial charge in [0.05, 0.1) is 6.04 Å². The molecule has 0 unspecified atom stereocenters. The third-order valence-electron chi connectivity index (χ3n) is 7.10. The Hall–Kier alpha value is -2.12. The molecule has 1 rings (SSSR count). The Balaban J connectivity index is 0.0000144. The molecule has 0 aromatic heterocycles. The van der Waals surface area contributed by atoms with Crippen LogP contribution in [0, 0.1) is 0 Å². The number of nitrogens with two attached hydrogens (primary N) is 2. The van der Waals surface area contributed by atoms with Gasteiger partial charge in [0.2, 0.25) is 11.8 Å². The number of halogens is 1. The highest BCUT2D eigenvalue weighted by molar-refractivity contribution is 5.85.